The third-order valence-corrected chi connectivity index (χ3v) is 10.6. The zero-order valence-corrected chi connectivity index (χ0v) is 30.7. The van der Waals surface area contributed by atoms with Gasteiger partial charge in [-0.05, 0) is 78.5 Å². The molecule has 0 radical (unpaired) electrons. The highest BCUT2D eigenvalue weighted by Gasteiger charge is 2.41. The summed E-state index contributed by atoms with van der Waals surface area (Å²) >= 11 is 0. The number of nitrogens with zero attached hydrogens (tertiary/aromatic N) is 4. The summed E-state index contributed by atoms with van der Waals surface area (Å²) in [6.45, 7) is 0.585. The summed E-state index contributed by atoms with van der Waals surface area (Å²) in [5.41, 5.74) is 4.49. The zero-order valence-electron chi connectivity index (χ0n) is 30.7. The molecule has 2 atom stereocenters. The summed E-state index contributed by atoms with van der Waals surface area (Å²) < 4.78 is 37.0. The Labute approximate surface area is 323 Å². The average molecular weight is 748 g/mol. The minimum Gasteiger partial charge on any atom is -0.468 e. The molecule has 8 nitrogen and oxygen atoms in total. The molecule has 0 saturated carbocycles. The molecule has 0 aliphatic carbocycles. The second-order valence-corrected chi connectivity index (χ2v) is 13.9. The lowest BCUT2D eigenvalue weighted by atomic mass is 9.77. The van der Waals surface area contributed by atoms with Gasteiger partial charge in [-0.1, -0.05) is 97.1 Å². The van der Waals surface area contributed by atoms with Crippen molar-refractivity contribution in [2.75, 3.05) is 20.2 Å². The molecule has 1 fully saturated rings. The molecule has 56 heavy (non-hydrogen) atoms. The number of benzene rings is 5. The first kappa shape index (κ1) is 36.5. The predicted molar refractivity (Wildman–Crippen MR) is 211 cm³/mol. The number of halogens is 2. The van der Waals surface area contributed by atoms with Crippen molar-refractivity contribution < 1.29 is 23.1 Å². The van der Waals surface area contributed by atoms with Crippen molar-refractivity contribution in [1.82, 2.24) is 25.0 Å². The van der Waals surface area contributed by atoms with Crippen LogP contribution in [0.1, 0.15) is 51.5 Å². The van der Waals surface area contributed by atoms with E-state index in [-0.39, 0.29) is 18.0 Å². The number of likely N-dealkylation sites (tertiary alicyclic amines) is 1. The molecule has 8 rings (SSSR count). The number of hydrogen-bond donors (Lipinski definition) is 1. The van der Waals surface area contributed by atoms with Gasteiger partial charge in [0.1, 0.15) is 28.9 Å². The Morgan fingerprint density at radius 1 is 0.786 bits per heavy atom. The van der Waals surface area contributed by atoms with Crippen LogP contribution in [-0.2, 0) is 15.1 Å². The molecule has 0 unspecified atom stereocenters. The molecular formula is C46H39F2N5O3. The lowest BCUT2D eigenvalue weighted by molar-refractivity contribution is -0.148. The maximum absolute atomic E-state index is 15.0. The fourth-order valence-corrected chi connectivity index (χ4v) is 8.10. The predicted octanol–water partition coefficient (Wildman–Crippen LogP) is 8.33. The first-order chi connectivity index (χ1) is 27.4. The summed E-state index contributed by atoms with van der Waals surface area (Å²) in [6, 6.07) is 42.0. The molecule has 0 bridgehead atoms. The smallest absolute Gasteiger partial charge is 0.327 e. The summed E-state index contributed by atoms with van der Waals surface area (Å²) in [7, 11) is 1.19. The van der Waals surface area contributed by atoms with Gasteiger partial charge >= 0.3 is 5.97 Å². The molecule has 1 aliphatic rings. The SMILES string of the molecule is COC(=O)[C@H](c1c(F)cccc1F)N1CCC[C@@H](NC(=O)c2ccc3c(c2)c(-c2ccncc2)nn3C(c2ccccc2)(c2ccccc2)c2ccccc2)C1. The van der Waals surface area contributed by atoms with Crippen LogP contribution in [0.25, 0.3) is 22.2 Å². The lowest BCUT2D eigenvalue weighted by Crippen LogP contribution is -2.50. The fraction of sp³-hybridized carbons (Fsp3) is 0.174. The zero-order chi connectivity index (χ0) is 38.6. The molecule has 2 aromatic heterocycles. The van der Waals surface area contributed by atoms with Gasteiger partial charge in [0.25, 0.3) is 5.91 Å². The number of fused-ring (bicyclic) bond motifs is 1. The number of pyridine rings is 1. The Bertz CT molecular complexity index is 2360. The molecule has 1 amide bonds. The minimum atomic E-state index is -1.30. The number of carbonyl (C=O) groups excluding carboxylic acids is 2. The Morgan fingerprint density at radius 3 is 1.95 bits per heavy atom. The normalized spacial score (nSPS) is 15.3. The Morgan fingerprint density at radius 2 is 1.38 bits per heavy atom. The van der Waals surface area contributed by atoms with Crippen molar-refractivity contribution in [3.8, 4) is 11.3 Å². The van der Waals surface area contributed by atoms with E-state index in [9.17, 15) is 18.4 Å². The van der Waals surface area contributed by atoms with Gasteiger partial charge in [0.15, 0.2) is 0 Å². The van der Waals surface area contributed by atoms with E-state index in [1.165, 1.54) is 13.2 Å². The van der Waals surface area contributed by atoms with Crippen LogP contribution >= 0.6 is 0 Å². The molecule has 1 aliphatic heterocycles. The Kier molecular flexibility index (Phi) is 10.2. The van der Waals surface area contributed by atoms with Crippen LogP contribution in [0.5, 0.6) is 0 Å². The largest absolute Gasteiger partial charge is 0.468 e. The molecule has 1 N–H and O–H groups in total. The molecule has 1 saturated heterocycles. The molecule has 7 aromatic rings. The van der Waals surface area contributed by atoms with Gasteiger partial charge in [-0.15, -0.1) is 0 Å². The van der Waals surface area contributed by atoms with Gasteiger partial charge < -0.3 is 10.1 Å². The number of nitrogens with one attached hydrogen (secondary N) is 1. The number of ether oxygens (including phenoxy) is 1. The van der Waals surface area contributed by atoms with E-state index in [1.54, 1.807) is 23.4 Å². The van der Waals surface area contributed by atoms with Crippen molar-refractivity contribution in [2.45, 2.75) is 30.5 Å². The fourth-order valence-electron chi connectivity index (χ4n) is 8.10. The highest BCUT2D eigenvalue weighted by molar-refractivity contribution is 6.02. The number of hydrogen-bond acceptors (Lipinski definition) is 6. The third-order valence-electron chi connectivity index (χ3n) is 10.6. The molecule has 3 heterocycles. The quantitative estimate of drug-likeness (QED) is 0.112. The van der Waals surface area contributed by atoms with Gasteiger partial charge in [0.05, 0.1) is 18.2 Å². The molecule has 10 heteroatoms. The van der Waals surface area contributed by atoms with E-state index in [4.69, 9.17) is 9.84 Å². The van der Waals surface area contributed by atoms with Crippen LogP contribution in [0.2, 0.25) is 0 Å². The maximum atomic E-state index is 15.0. The van der Waals surface area contributed by atoms with Crippen molar-refractivity contribution in [2.24, 2.45) is 0 Å². The van der Waals surface area contributed by atoms with E-state index in [1.807, 2.05) is 78.9 Å². The summed E-state index contributed by atoms with van der Waals surface area (Å²) in [6.07, 6.45) is 4.65. The van der Waals surface area contributed by atoms with Crippen LogP contribution in [-0.4, -0.2) is 57.8 Å². The highest BCUT2D eigenvalue weighted by Crippen LogP contribution is 2.44. The van der Waals surface area contributed by atoms with E-state index in [2.05, 4.69) is 51.4 Å². The lowest BCUT2D eigenvalue weighted by Gasteiger charge is -2.37. The van der Waals surface area contributed by atoms with Crippen molar-refractivity contribution in [1.29, 1.82) is 0 Å². The Hall–Kier alpha value is -6.52. The molecule has 0 spiro atoms. The van der Waals surface area contributed by atoms with E-state index >= 15 is 0 Å². The average Bonchev–Trinajstić information content (AvgIpc) is 3.63. The van der Waals surface area contributed by atoms with E-state index in [0.29, 0.717) is 30.6 Å². The molecule has 280 valence electrons. The summed E-state index contributed by atoms with van der Waals surface area (Å²) in [4.78, 5) is 33.1. The number of rotatable bonds is 10. The second kappa shape index (κ2) is 15.7. The minimum absolute atomic E-state index is 0.190. The highest BCUT2D eigenvalue weighted by atomic mass is 19.1. The molecular weight excluding hydrogens is 709 g/mol. The van der Waals surface area contributed by atoms with Gasteiger partial charge in [-0.25, -0.2) is 18.3 Å². The maximum Gasteiger partial charge on any atom is 0.327 e. The molecule has 5 aromatic carbocycles. The number of piperidine rings is 1. The van der Waals surface area contributed by atoms with Crippen molar-refractivity contribution >= 4 is 22.8 Å². The summed E-state index contributed by atoms with van der Waals surface area (Å²) in [5, 5.41) is 9.32. The number of aromatic nitrogens is 3. The topological polar surface area (TPSA) is 89.3 Å². The third kappa shape index (κ3) is 6.62. The first-order valence-corrected chi connectivity index (χ1v) is 18.6. The number of carbonyl (C=O) groups is 2. The summed E-state index contributed by atoms with van der Waals surface area (Å²) in [5.74, 6) is -2.76. The number of amides is 1. The monoisotopic (exact) mass is 747 g/mol. The van der Waals surface area contributed by atoms with Crippen LogP contribution in [0.3, 0.4) is 0 Å². The van der Waals surface area contributed by atoms with Gasteiger partial charge in [0, 0.05) is 41.5 Å². The Balaban J connectivity index is 1.22. The number of methoxy groups -OCH3 is 1. The van der Waals surface area contributed by atoms with E-state index in [0.717, 1.165) is 45.3 Å². The van der Waals surface area contributed by atoms with Crippen LogP contribution < -0.4 is 5.32 Å². The van der Waals surface area contributed by atoms with Gasteiger partial charge in [-0.2, -0.15) is 5.10 Å². The van der Waals surface area contributed by atoms with Gasteiger partial charge in [0.2, 0.25) is 0 Å². The van der Waals surface area contributed by atoms with Crippen LogP contribution in [0, 0.1) is 11.6 Å². The first-order valence-electron chi connectivity index (χ1n) is 18.6. The van der Waals surface area contributed by atoms with E-state index < -0.39 is 35.2 Å². The van der Waals surface area contributed by atoms with Crippen molar-refractivity contribution in [3.63, 3.8) is 0 Å². The van der Waals surface area contributed by atoms with Crippen LogP contribution in [0.15, 0.2) is 152 Å². The standard InChI is InChI=1S/C46H39F2N5O3/c1-56-45(55)43(41-38(47)20-11-21-39(41)48)52-28-12-19-36(30-52)50-44(54)32-22-23-40-37(29-32)42(31-24-26-49-27-25-31)51-53(40)46(33-13-5-2-6-14-33,34-15-7-3-8-16-34)35-17-9-4-10-18-35/h2-11,13-18,20-27,29,36,43H,12,19,28,30H2,1H3,(H,50,54)/t36-,43+/m1/s1. The van der Waals surface area contributed by atoms with Gasteiger partial charge in [-0.3, -0.25) is 14.7 Å². The van der Waals surface area contributed by atoms with Crippen LogP contribution in [0.4, 0.5) is 8.78 Å². The van der Waals surface area contributed by atoms with Crippen molar-refractivity contribution in [3.05, 3.63) is 191 Å². The second-order valence-electron chi connectivity index (χ2n) is 13.9. The number of esters is 1.